The van der Waals surface area contributed by atoms with Gasteiger partial charge in [-0.2, -0.15) is 0 Å². The lowest BCUT2D eigenvalue weighted by Crippen LogP contribution is -2.45. The molecule has 1 unspecified atom stereocenters. The Morgan fingerprint density at radius 3 is 2.33 bits per heavy atom. The fourth-order valence-corrected chi connectivity index (χ4v) is 3.40. The monoisotopic (exact) mass is 366 g/mol. The summed E-state index contributed by atoms with van der Waals surface area (Å²) in [6.45, 7) is 1.89. The van der Waals surface area contributed by atoms with E-state index in [0.29, 0.717) is 19.6 Å². The molecule has 0 saturated carbocycles. The minimum Gasteiger partial charge on any atom is -0.445 e. The molecule has 1 heterocycles. The van der Waals surface area contributed by atoms with Gasteiger partial charge >= 0.3 is 6.09 Å². The van der Waals surface area contributed by atoms with Crippen molar-refractivity contribution in [3.05, 3.63) is 71.8 Å². The Bertz CT molecular complexity index is 749. The Kier molecular flexibility index (Phi) is 6.47. The molecule has 1 aliphatic rings. The summed E-state index contributed by atoms with van der Waals surface area (Å²) in [5, 5.41) is 0. The lowest BCUT2D eigenvalue weighted by atomic mass is 9.96. The lowest BCUT2D eigenvalue weighted by Gasteiger charge is -2.33. The highest BCUT2D eigenvalue weighted by Crippen LogP contribution is 2.20. The number of rotatable bonds is 5. The van der Waals surface area contributed by atoms with Gasteiger partial charge in [0, 0.05) is 26.7 Å². The Morgan fingerprint density at radius 2 is 1.67 bits per heavy atom. The molecule has 27 heavy (non-hydrogen) atoms. The molecule has 2 amide bonds. The number of benzene rings is 2. The van der Waals surface area contributed by atoms with E-state index in [9.17, 15) is 9.59 Å². The van der Waals surface area contributed by atoms with Crippen LogP contribution in [-0.4, -0.2) is 41.9 Å². The maximum atomic E-state index is 12.8. The molecule has 0 N–H and O–H groups in total. The normalized spacial score (nSPS) is 16.6. The maximum Gasteiger partial charge on any atom is 0.410 e. The molecule has 0 radical (unpaired) electrons. The number of nitrogens with zero attached hydrogens (tertiary/aromatic N) is 2. The van der Waals surface area contributed by atoms with Crippen LogP contribution in [0.4, 0.5) is 4.79 Å². The molecule has 5 nitrogen and oxygen atoms in total. The lowest BCUT2D eigenvalue weighted by molar-refractivity contribution is -0.136. The van der Waals surface area contributed by atoms with E-state index in [1.54, 1.807) is 9.80 Å². The second kappa shape index (κ2) is 9.21. The van der Waals surface area contributed by atoms with Crippen LogP contribution in [-0.2, 0) is 22.7 Å². The van der Waals surface area contributed by atoms with E-state index in [0.717, 1.165) is 24.0 Å². The van der Waals surface area contributed by atoms with Crippen molar-refractivity contribution in [2.24, 2.45) is 5.92 Å². The summed E-state index contributed by atoms with van der Waals surface area (Å²) in [5.41, 5.74) is 2.06. The van der Waals surface area contributed by atoms with Crippen molar-refractivity contribution in [2.45, 2.75) is 26.0 Å². The molecule has 142 valence electrons. The molecule has 0 aromatic heterocycles. The molecule has 1 saturated heterocycles. The van der Waals surface area contributed by atoms with Crippen LogP contribution in [0.5, 0.6) is 0 Å². The van der Waals surface area contributed by atoms with Crippen molar-refractivity contribution in [3.63, 3.8) is 0 Å². The van der Waals surface area contributed by atoms with Gasteiger partial charge < -0.3 is 14.5 Å². The average Bonchev–Trinajstić information content (AvgIpc) is 2.73. The predicted octanol–water partition coefficient (Wildman–Crippen LogP) is 3.69. The van der Waals surface area contributed by atoms with Crippen LogP contribution in [0.15, 0.2) is 60.7 Å². The van der Waals surface area contributed by atoms with Crippen LogP contribution >= 0.6 is 0 Å². The van der Waals surface area contributed by atoms with E-state index < -0.39 is 0 Å². The Labute approximate surface area is 160 Å². The second-order valence-electron chi connectivity index (χ2n) is 7.01. The first-order valence-electron chi connectivity index (χ1n) is 9.38. The quantitative estimate of drug-likeness (QED) is 0.811. The van der Waals surface area contributed by atoms with Crippen molar-refractivity contribution in [1.82, 2.24) is 9.80 Å². The summed E-state index contributed by atoms with van der Waals surface area (Å²) >= 11 is 0. The highest BCUT2D eigenvalue weighted by molar-refractivity contribution is 5.80. The van der Waals surface area contributed by atoms with E-state index >= 15 is 0 Å². The predicted molar refractivity (Wildman–Crippen MR) is 104 cm³/mol. The Morgan fingerprint density at radius 1 is 1.04 bits per heavy atom. The molecule has 3 rings (SSSR count). The molecule has 1 atom stereocenters. The third kappa shape index (κ3) is 5.33. The van der Waals surface area contributed by atoms with Crippen LogP contribution in [0, 0.1) is 5.92 Å². The summed E-state index contributed by atoms with van der Waals surface area (Å²) in [4.78, 5) is 28.6. The van der Waals surface area contributed by atoms with E-state index in [4.69, 9.17) is 4.74 Å². The molecule has 2 aromatic rings. The van der Waals surface area contributed by atoms with Gasteiger partial charge in [-0.05, 0) is 24.0 Å². The summed E-state index contributed by atoms with van der Waals surface area (Å²) in [7, 11) is 1.82. The van der Waals surface area contributed by atoms with E-state index in [1.807, 2.05) is 67.7 Å². The summed E-state index contributed by atoms with van der Waals surface area (Å²) in [5.74, 6) is -0.0869. The Balaban J connectivity index is 1.52. The highest BCUT2D eigenvalue weighted by Gasteiger charge is 2.30. The fraction of sp³-hybridized carbons (Fsp3) is 0.364. The zero-order chi connectivity index (χ0) is 19.1. The first-order valence-corrected chi connectivity index (χ1v) is 9.38. The van der Waals surface area contributed by atoms with Crippen LogP contribution < -0.4 is 0 Å². The van der Waals surface area contributed by atoms with Crippen molar-refractivity contribution < 1.29 is 14.3 Å². The maximum absolute atomic E-state index is 12.8. The van der Waals surface area contributed by atoms with Gasteiger partial charge in [0.2, 0.25) is 5.91 Å². The molecule has 5 heteroatoms. The highest BCUT2D eigenvalue weighted by atomic mass is 16.6. The second-order valence-corrected chi connectivity index (χ2v) is 7.01. The van der Waals surface area contributed by atoms with E-state index in [-0.39, 0.29) is 24.5 Å². The zero-order valence-electron chi connectivity index (χ0n) is 15.7. The number of carbonyl (C=O) groups excluding carboxylic acids is 2. The number of likely N-dealkylation sites (tertiary alicyclic amines) is 1. The summed E-state index contributed by atoms with van der Waals surface area (Å²) in [6.07, 6.45) is 1.28. The van der Waals surface area contributed by atoms with Gasteiger partial charge in [0.15, 0.2) is 0 Å². The van der Waals surface area contributed by atoms with Crippen LogP contribution in [0.1, 0.15) is 24.0 Å². The van der Waals surface area contributed by atoms with Gasteiger partial charge in [0.05, 0.1) is 5.92 Å². The van der Waals surface area contributed by atoms with Crippen LogP contribution in [0.25, 0.3) is 0 Å². The molecular weight excluding hydrogens is 340 g/mol. The molecule has 0 spiro atoms. The number of hydrogen-bond acceptors (Lipinski definition) is 3. The van der Waals surface area contributed by atoms with Gasteiger partial charge in [-0.25, -0.2) is 4.79 Å². The number of amides is 2. The van der Waals surface area contributed by atoms with Gasteiger partial charge in [-0.3, -0.25) is 4.79 Å². The first-order chi connectivity index (χ1) is 13.1. The number of piperidine rings is 1. The number of hydrogen-bond donors (Lipinski definition) is 0. The molecule has 2 aromatic carbocycles. The van der Waals surface area contributed by atoms with Gasteiger partial charge in [0.1, 0.15) is 6.61 Å². The van der Waals surface area contributed by atoms with E-state index in [2.05, 4.69) is 0 Å². The Hall–Kier alpha value is -2.82. The SMILES string of the molecule is CN(Cc1ccccc1)C(=O)C1CCCN(C(=O)OCc2ccccc2)C1. The van der Waals surface area contributed by atoms with Crippen molar-refractivity contribution in [1.29, 1.82) is 0 Å². The van der Waals surface area contributed by atoms with Gasteiger partial charge in [-0.1, -0.05) is 60.7 Å². The molecule has 0 bridgehead atoms. The van der Waals surface area contributed by atoms with Crippen LogP contribution in [0.3, 0.4) is 0 Å². The smallest absolute Gasteiger partial charge is 0.410 e. The zero-order valence-corrected chi connectivity index (χ0v) is 15.7. The third-order valence-electron chi connectivity index (χ3n) is 4.87. The fourth-order valence-electron chi connectivity index (χ4n) is 3.40. The number of carbonyl (C=O) groups is 2. The van der Waals surface area contributed by atoms with Crippen molar-refractivity contribution >= 4 is 12.0 Å². The topological polar surface area (TPSA) is 49.9 Å². The number of ether oxygens (including phenoxy) is 1. The van der Waals surface area contributed by atoms with Crippen LogP contribution in [0.2, 0.25) is 0 Å². The largest absolute Gasteiger partial charge is 0.445 e. The molecule has 0 aliphatic carbocycles. The minimum absolute atomic E-state index is 0.0828. The van der Waals surface area contributed by atoms with E-state index in [1.165, 1.54) is 0 Å². The molecule has 1 aliphatic heterocycles. The third-order valence-corrected chi connectivity index (χ3v) is 4.87. The van der Waals surface area contributed by atoms with Gasteiger partial charge in [0.25, 0.3) is 0 Å². The van der Waals surface area contributed by atoms with Crippen molar-refractivity contribution in [2.75, 3.05) is 20.1 Å². The average molecular weight is 366 g/mol. The minimum atomic E-state index is -0.345. The van der Waals surface area contributed by atoms with Crippen molar-refractivity contribution in [3.8, 4) is 0 Å². The summed E-state index contributed by atoms with van der Waals surface area (Å²) < 4.78 is 5.41. The first kappa shape index (κ1) is 19.0. The summed E-state index contributed by atoms with van der Waals surface area (Å²) in [6, 6.07) is 19.5. The molecular formula is C22H26N2O3. The van der Waals surface area contributed by atoms with Gasteiger partial charge in [-0.15, -0.1) is 0 Å². The molecule has 1 fully saturated rings. The standard InChI is InChI=1S/C22H26N2O3/c1-23(15-18-9-4-2-5-10-18)21(25)20-13-8-14-24(16-20)22(26)27-17-19-11-6-3-7-12-19/h2-7,9-12,20H,8,13-17H2,1H3.